The second kappa shape index (κ2) is 7.70. The third-order valence-electron chi connectivity index (χ3n) is 3.96. The molecule has 23 heavy (non-hydrogen) atoms. The molecule has 0 radical (unpaired) electrons. The van der Waals surface area contributed by atoms with Gasteiger partial charge in [0, 0.05) is 12.2 Å². The fourth-order valence-corrected chi connectivity index (χ4v) is 3.30. The molecule has 0 aliphatic carbocycles. The maximum Gasteiger partial charge on any atom is 0.291 e. The molecule has 1 fully saturated rings. The van der Waals surface area contributed by atoms with Gasteiger partial charge < -0.3 is 9.73 Å². The molecule has 1 aromatic heterocycles. The topological polar surface area (TPSA) is 45.5 Å². The van der Waals surface area contributed by atoms with Crippen LogP contribution in [0.1, 0.15) is 34.7 Å². The van der Waals surface area contributed by atoms with Gasteiger partial charge in [-0.25, -0.2) is 0 Å². The van der Waals surface area contributed by atoms with E-state index in [2.05, 4.69) is 16.3 Å². The molecule has 0 saturated carbocycles. The summed E-state index contributed by atoms with van der Waals surface area (Å²) in [4.78, 5) is 14.7. The standard InChI is InChI=1S/C18H22N2O2S/c1-23-13-16-7-8-17(22-16)18(21)19-15-6-4-5-14(11-15)12-20-9-2-3-10-20/h4-8,11H,2-3,9-10,12-13H2,1H3,(H,19,21). The molecule has 1 saturated heterocycles. The van der Waals surface area contributed by atoms with E-state index in [0.717, 1.165) is 23.7 Å². The Bertz CT molecular complexity index is 663. The molecule has 5 heteroatoms. The Balaban J connectivity index is 1.63. The van der Waals surface area contributed by atoms with Crippen molar-refractivity contribution in [1.29, 1.82) is 0 Å². The fraction of sp³-hybridized carbons (Fsp3) is 0.389. The Morgan fingerprint density at radius 2 is 2.09 bits per heavy atom. The second-order valence-electron chi connectivity index (χ2n) is 5.84. The number of benzene rings is 1. The number of carbonyl (C=O) groups excluding carboxylic acids is 1. The summed E-state index contributed by atoms with van der Waals surface area (Å²) in [5, 5.41) is 2.92. The highest BCUT2D eigenvalue weighted by Gasteiger charge is 2.14. The van der Waals surface area contributed by atoms with Gasteiger partial charge in [0.25, 0.3) is 5.91 Å². The molecule has 1 aliphatic heterocycles. The first-order valence-electron chi connectivity index (χ1n) is 7.95. The fourth-order valence-electron chi connectivity index (χ4n) is 2.86. The van der Waals surface area contributed by atoms with E-state index in [9.17, 15) is 4.79 Å². The van der Waals surface area contributed by atoms with Crippen molar-refractivity contribution in [3.63, 3.8) is 0 Å². The monoisotopic (exact) mass is 330 g/mol. The number of hydrogen-bond donors (Lipinski definition) is 1. The maximum atomic E-state index is 12.3. The van der Waals surface area contributed by atoms with Gasteiger partial charge in [-0.1, -0.05) is 12.1 Å². The SMILES string of the molecule is CSCc1ccc(C(=O)Nc2cccc(CN3CCCC3)c2)o1. The Hall–Kier alpha value is -1.72. The van der Waals surface area contributed by atoms with Crippen LogP contribution in [0.3, 0.4) is 0 Å². The van der Waals surface area contributed by atoms with E-state index in [0.29, 0.717) is 5.76 Å². The zero-order valence-electron chi connectivity index (χ0n) is 13.4. The largest absolute Gasteiger partial charge is 0.455 e. The summed E-state index contributed by atoms with van der Waals surface area (Å²) in [6.07, 6.45) is 4.58. The number of carbonyl (C=O) groups is 1. The van der Waals surface area contributed by atoms with Crippen LogP contribution >= 0.6 is 11.8 Å². The van der Waals surface area contributed by atoms with Crippen molar-refractivity contribution < 1.29 is 9.21 Å². The van der Waals surface area contributed by atoms with Gasteiger partial charge in [-0.15, -0.1) is 0 Å². The molecule has 3 rings (SSSR count). The number of nitrogens with one attached hydrogen (secondary N) is 1. The first-order valence-corrected chi connectivity index (χ1v) is 9.34. The summed E-state index contributed by atoms with van der Waals surface area (Å²) >= 11 is 1.67. The minimum Gasteiger partial charge on any atom is -0.455 e. The average molecular weight is 330 g/mol. The van der Waals surface area contributed by atoms with Crippen LogP contribution in [0.5, 0.6) is 0 Å². The van der Waals surface area contributed by atoms with Crippen LogP contribution in [0.2, 0.25) is 0 Å². The lowest BCUT2D eigenvalue weighted by Crippen LogP contribution is -2.18. The van der Waals surface area contributed by atoms with Crippen LogP contribution in [-0.4, -0.2) is 30.2 Å². The van der Waals surface area contributed by atoms with Crippen molar-refractivity contribution in [3.05, 3.63) is 53.5 Å². The van der Waals surface area contributed by atoms with Gasteiger partial charge in [-0.05, 0) is 62.0 Å². The normalized spacial score (nSPS) is 15.0. The van der Waals surface area contributed by atoms with E-state index < -0.39 is 0 Å². The van der Waals surface area contributed by atoms with E-state index >= 15 is 0 Å². The molecule has 1 amide bonds. The van der Waals surface area contributed by atoms with Gasteiger partial charge in [-0.2, -0.15) is 11.8 Å². The summed E-state index contributed by atoms with van der Waals surface area (Å²) in [7, 11) is 0. The van der Waals surface area contributed by atoms with E-state index in [1.54, 1.807) is 17.8 Å². The lowest BCUT2D eigenvalue weighted by molar-refractivity contribution is 0.0995. The molecule has 0 spiro atoms. The van der Waals surface area contributed by atoms with Crippen molar-refractivity contribution in [3.8, 4) is 0 Å². The van der Waals surface area contributed by atoms with Crippen molar-refractivity contribution in [2.45, 2.75) is 25.1 Å². The molecule has 2 heterocycles. The van der Waals surface area contributed by atoms with Crippen LogP contribution < -0.4 is 5.32 Å². The Morgan fingerprint density at radius 1 is 1.26 bits per heavy atom. The lowest BCUT2D eigenvalue weighted by atomic mass is 10.2. The number of rotatable bonds is 6. The molecule has 1 N–H and O–H groups in total. The molecule has 1 aliphatic rings. The van der Waals surface area contributed by atoms with Crippen LogP contribution in [0.15, 0.2) is 40.8 Å². The van der Waals surface area contributed by atoms with Crippen LogP contribution in [0.25, 0.3) is 0 Å². The third-order valence-corrected chi connectivity index (χ3v) is 4.53. The van der Waals surface area contributed by atoms with Gasteiger partial charge in [0.2, 0.25) is 0 Å². The summed E-state index contributed by atoms with van der Waals surface area (Å²) in [5.41, 5.74) is 2.04. The molecule has 1 aromatic carbocycles. The molecule has 0 bridgehead atoms. The zero-order chi connectivity index (χ0) is 16.1. The number of anilines is 1. The van der Waals surface area contributed by atoms with Crippen molar-refractivity contribution in [2.75, 3.05) is 24.7 Å². The minimum atomic E-state index is -0.198. The Labute approximate surface area is 141 Å². The molecular weight excluding hydrogens is 308 g/mol. The van der Waals surface area contributed by atoms with Gasteiger partial charge in [0.15, 0.2) is 5.76 Å². The maximum absolute atomic E-state index is 12.3. The summed E-state index contributed by atoms with van der Waals surface area (Å²) < 4.78 is 5.55. The second-order valence-corrected chi connectivity index (χ2v) is 6.70. The van der Waals surface area contributed by atoms with Crippen molar-refractivity contribution >= 4 is 23.4 Å². The summed E-state index contributed by atoms with van der Waals surface area (Å²) in [6.45, 7) is 3.28. The number of amides is 1. The summed E-state index contributed by atoms with van der Waals surface area (Å²) in [6, 6.07) is 11.6. The van der Waals surface area contributed by atoms with E-state index in [1.807, 2.05) is 30.5 Å². The molecule has 2 aromatic rings. The Kier molecular flexibility index (Phi) is 5.41. The Morgan fingerprint density at radius 3 is 2.87 bits per heavy atom. The van der Waals surface area contributed by atoms with E-state index in [4.69, 9.17) is 4.42 Å². The first kappa shape index (κ1) is 16.1. The highest BCUT2D eigenvalue weighted by atomic mass is 32.2. The quantitative estimate of drug-likeness (QED) is 0.870. The average Bonchev–Trinajstić information content (AvgIpc) is 3.20. The number of thioether (sulfide) groups is 1. The van der Waals surface area contributed by atoms with Crippen LogP contribution in [0.4, 0.5) is 5.69 Å². The van der Waals surface area contributed by atoms with Crippen molar-refractivity contribution in [2.24, 2.45) is 0 Å². The smallest absolute Gasteiger partial charge is 0.291 e. The zero-order valence-corrected chi connectivity index (χ0v) is 14.2. The molecule has 122 valence electrons. The predicted molar refractivity (Wildman–Crippen MR) is 94.8 cm³/mol. The molecule has 0 atom stereocenters. The number of likely N-dealkylation sites (tertiary alicyclic amines) is 1. The number of furan rings is 1. The van der Waals surface area contributed by atoms with Crippen LogP contribution in [-0.2, 0) is 12.3 Å². The third kappa shape index (κ3) is 4.39. The van der Waals surface area contributed by atoms with E-state index in [-0.39, 0.29) is 5.91 Å². The number of hydrogen-bond acceptors (Lipinski definition) is 4. The minimum absolute atomic E-state index is 0.198. The molecule has 0 unspecified atom stereocenters. The highest BCUT2D eigenvalue weighted by molar-refractivity contribution is 7.97. The van der Waals surface area contributed by atoms with Gasteiger partial charge in [0.1, 0.15) is 5.76 Å². The lowest BCUT2D eigenvalue weighted by Gasteiger charge is -2.15. The van der Waals surface area contributed by atoms with Gasteiger partial charge >= 0.3 is 0 Å². The van der Waals surface area contributed by atoms with E-state index in [1.165, 1.54) is 31.5 Å². The predicted octanol–water partition coefficient (Wildman–Crippen LogP) is 3.99. The highest BCUT2D eigenvalue weighted by Crippen LogP contribution is 2.18. The molecule has 4 nitrogen and oxygen atoms in total. The summed E-state index contributed by atoms with van der Waals surface area (Å²) in [5.74, 6) is 1.76. The van der Waals surface area contributed by atoms with Crippen molar-refractivity contribution in [1.82, 2.24) is 4.90 Å². The van der Waals surface area contributed by atoms with Gasteiger partial charge in [0.05, 0.1) is 5.75 Å². The number of nitrogens with zero attached hydrogens (tertiary/aromatic N) is 1. The molecular formula is C18H22N2O2S. The van der Waals surface area contributed by atoms with Gasteiger partial charge in [-0.3, -0.25) is 9.69 Å². The first-order chi connectivity index (χ1) is 11.2. The van der Waals surface area contributed by atoms with Crippen LogP contribution in [0, 0.1) is 0 Å².